The maximum atomic E-state index is 11.9. The monoisotopic (exact) mass is 291 g/mol. The predicted molar refractivity (Wildman–Crippen MR) is 86.3 cm³/mol. The normalized spacial score (nSPS) is 11.1. The lowest BCUT2D eigenvalue weighted by Gasteiger charge is -2.18. The van der Waals surface area contributed by atoms with Crippen LogP contribution in [-0.2, 0) is 9.59 Å². The lowest BCUT2D eigenvalue weighted by molar-refractivity contribution is -0.123. The van der Waals surface area contributed by atoms with Gasteiger partial charge in [-0.1, -0.05) is 26.8 Å². The van der Waals surface area contributed by atoms with E-state index in [0.29, 0.717) is 5.69 Å². The van der Waals surface area contributed by atoms with Crippen molar-refractivity contribution in [1.29, 1.82) is 0 Å². The van der Waals surface area contributed by atoms with Gasteiger partial charge in [-0.3, -0.25) is 9.59 Å². The largest absolute Gasteiger partial charge is 0.376 e. The molecule has 2 amide bonds. The first-order valence-corrected chi connectivity index (χ1v) is 7.13. The molecule has 0 aliphatic carbocycles. The van der Waals surface area contributed by atoms with E-state index in [1.165, 1.54) is 0 Å². The van der Waals surface area contributed by atoms with E-state index >= 15 is 0 Å². The SMILES string of the molecule is CC(C)NC(=O)CNc1cccc(NC(=O)C(C)(C)C)c1. The molecule has 116 valence electrons. The molecule has 0 fully saturated rings. The quantitative estimate of drug-likeness (QED) is 0.781. The van der Waals surface area contributed by atoms with Crippen LogP contribution in [0, 0.1) is 5.41 Å². The van der Waals surface area contributed by atoms with E-state index in [1.54, 1.807) is 0 Å². The van der Waals surface area contributed by atoms with E-state index in [2.05, 4.69) is 16.0 Å². The van der Waals surface area contributed by atoms with Crippen LogP contribution in [0.25, 0.3) is 0 Å². The van der Waals surface area contributed by atoms with Crippen molar-refractivity contribution in [2.24, 2.45) is 5.41 Å². The van der Waals surface area contributed by atoms with Crippen molar-refractivity contribution in [1.82, 2.24) is 5.32 Å². The number of carbonyl (C=O) groups is 2. The van der Waals surface area contributed by atoms with E-state index in [0.717, 1.165) is 5.69 Å². The van der Waals surface area contributed by atoms with Crippen molar-refractivity contribution in [2.45, 2.75) is 40.7 Å². The minimum absolute atomic E-state index is 0.0443. The molecule has 0 spiro atoms. The fourth-order valence-electron chi connectivity index (χ4n) is 1.58. The second-order valence-corrected chi connectivity index (χ2v) is 6.36. The molecule has 5 heteroatoms. The number of benzene rings is 1. The third kappa shape index (κ3) is 6.29. The average Bonchev–Trinajstić information content (AvgIpc) is 2.35. The number of anilines is 2. The minimum atomic E-state index is -0.444. The van der Waals surface area contributed by atoms with Gasteiger partial charge in [-0.2, -0.15) is 0 Å². The molecule has 0 heterocycles. The Morgan fingerprint density at radius 2 is 1.76 bits per heavy atom. The van der Waals surface area contributed by atoms with Gasteiger partial charge in [0.1, 0.15) is 0 Å². The third-order valence-electron chi connectivity index (χ3n) is 2.70. The van der Waals surface area contributed by atoms with Gasteiger partial charge in [-0.05, 0) is 32.0 Å². The first-order valence-electron chi connectivity index (χ1n) is 7.13. The Bertz CT molecular complexity index is 504. The van der Waals surface area contributed by atoms with Gasteiger partial charge >= 0.3 is 0 Å². The summed E-state index contributed by atoms with van der Waals surface area (Å²) in [5.41, 5.74) is 1.06. The van der Waals surface area contributed by atoms with Crippen LogP contribution in [0.3, 0.4) is 0 Å². The minimum Gasteiger partial charge on any atom is -0.376 e. The summed E-state index contributed by atoms with van der Waals surface area (Å²) in [4.78, 5) is 23.5. The van der Waals surface area contributed by atoms with Crippen LogP contribution in [0.2, 0.25) is 0 Å². The summed E-state index contributed by atoms with van der Waals surface area (Å²) in [6.07, 6.45) is 0. The summed E-state index contributed by atoms with van der Waals surface area (Å²) in [7, 11) is 0. The Labute approximate surface area is 126 Å². The standard InChI is InChI=1S/C16H25N3O2/c1-11(2)18-14(20)10-17-12-7-6-8-13(9-12)19-15(21)16(3,4)5/h6-9,11,17H,10H2,1-5H3,(H,18,20)(H,19,21). The zero-order chi connectivity index (χ0) is 16.0. The van der Waals surface area contributed by atoms with E-state index in [-0.39, 0.29) is 24.4 Å². The summed E-state index contributed by atoms with van der Waals surface area (Å²) in [5, 5.41) is 8.71. The third-order valence-corrected chi connectivity index (χ3v) is 2.70. The fourth-order valence-corrected chi connectivity index (χ4v) is 1.58. The van der Waals surface area contributed by atoms with Gasteiger partial charge in [-0.25, -0.2) is 0 Å². The summed E-state index contributed by atoms with van der Waals surface area (Å²) in [6, 6.07) is 7.45. The summed E-state index contributed by atoms with van der Waals surface area (Å²) < 4.78 is 0. The molecular formula is C16H25N3O2. The molecule has 21 heavy (non-hydrogen) atoms. The topological polar surface area (TPSA) is 70.2 Å². The molecule has 1 aromatic carbocycles. The summed E-state index contributed by atoms with van der Waals surface area (Å²) in [6.45, 7) is 9.62. The molecular weight excluding hydrogens is 266 g/mol. The first kappa shape index (κ1) is 17.0. The lowest BCUT2D eigenvalue weighted by Crippen LogP contribution is -2.34. The Hall–Kier alpha value is -2.04. The van der Waals surface area contributed by atoms with Crippen LogP contribution >= 0.6 is 0 Å². The van der Waals surface area contributed by atoms with Gasteiger partial charge in [0.2, 0.25) is 11.8 Å². The highest BCUT2D eigenvalue weighted by molar-refractivity contribution is 5.95. The highest BCUT2D eigenvalue weighted by atomic mass is 16.2. The average molecular weight is 291 g/mol. The molecule has 1 rings (SSSR count). The predicted octanol–water partition coefficient (Wildman–Crippen LogP) is 2.61. The number of hydrogen-bond donors (Lipinski definition) is 3. The maximum absolute atomic E-state index is 11.9. The molecule has 1 aromatic rings. The zero-order valence-electron chi connectivity index (χ0n) is 13.4. The van der Waals surface area contributed by atoms with Crippen LogP contribution in [0.5, 0.6) is 0 Å². The first-order chi connectivity index (χ1) is 9.68. The molecule has 0 saturated carbocycles. The van der Waals surface area contributed by atoms with E-state index in [1.807, 2.05) is 58.9 Å². The Morgan fingerprint density at radius 1 is 1.14 bits per heavy atom. The van der Waals surface area contributed by atoms with Crippen LogP contribution in [0.1, 0.15) is 34.6 Å². The van der Waals surface area contributed by atoms with Crippen LogP contribution in [0.15, 0.2) is 24.3 Å². The molecule has 0 bridgehead atoms. The molecule has 0 aliphatic heterocycles. The van der Waals surface area contributed by atoms with Gasteiger partial charge in [-0.15, -0.1) is 0 Å². The maximum Gasteiger partial charge on any atom is 0.239 e. The van der Waals surface area contributed by atoms with Gasteiger partial charge < -0.3 is 16.0 Å². The van der Waals surface area contributed by atoms with E-state index < -0.39 is 5.41 Å². The molecule has 0 radical (unpaired) electrons. The lowest BCUT2D eigenvalue weighted by atomic mass is 9.95. The molecule has 0 unspecified atom stereocenters. The molecule has 0 atom stereocenters. The number of hydrogen-bond acceptors (Lipinski definition) is 3. The van der Waals surface area contributed by atoms with Gasteiger partial charge in [0, 0.05) is 22.8 Å². The zero-order valence-corrected chi connectivity index (χ0v) is 13.4. The van der Waals surface area contributed by atoms with Crippen molar-refractivity contribution in [3.8, 4) is 0 Å². The fraction of sp³-hybridized carbons (Fsp3) is 0.500. The van der Waals surface area contributed by atoms with Crippen molar-refractivity contribution in [3.05, 3.63) is 24.3 Å². The summed E-state index contributed by atoms with van der Waals surface area (Å²) in [5.74, 6) is -0.105. The molecule has 0 saturated heterocycles. The van der Waals surface area contributed by atoms with Crippen LogP contribution in [-0.4, -0.2) is 24.4 Å². The van der Waals surface area contributed by atoms with Crippen LogP contribution < -0.4 is 16.0 Å². The Kier molecular flexibility index (Phi) is 5.76. The van der Waals surface area contributed by atoms with Crippen molar-refractivity contribution in [3.63, 3.8) is 0 Å². The summed E-state index contributed by atoms with van der Waals surface area (Å²) >= 11 is 0. The number of amides is 2. The highest BCUT2D eigenvalue weighted by Gasteiger charge is 2.21. The molecule has 5 nitrogen and oxygen atoms in total. The molecule has 0 aliphatic rings. The van der Waals surface area contributed by atoms with E-state index in [9.17, 15) is 9.59 Å². The van der Waals surface area contributed by atoms with Crippen LogP contribution in [0.4, 0.5) is 11.4 Å². The van der Waals surface area contributed by atoms with Crippen molar-refractivity contribution >= 4 is 23.2 Å². The van der Waals surface area contributed by atoms with E-state index in [4.69, 9.17) is 0 Å². The van der Waals surface area contributed by atoms with Gasteiger partial charge in [0.05, 0.1) is 6.54 Å². The smallest absolute Gasteiger partial charge is 0.239 e. The van der Waals surface area contributed by atoms with Gasteiger partial charge in [0.25, 0.3) is 0 Å². The molecule has 0 aromatic heterocycles. The second-order valence-electron chi connectivity index (χ2n) is 6.36. The Balaban J connectivity index is 2.61. The molecule has 3 N–H and O–H groups in total. The van der Waals surface area contributed by atoms with Crippen molar-refractivity contribution in [2.75, 3.05) is 17.2 Å². The number of nitrogens with one attached hydrogen (secondary N) is 3. The van der Waals surface area contributed by atoms with Gasteiger partial charge in [0.15, 0.2) is 0 Å². The Morgan fingerprint density at radius 3 is 2.33 bits per heavy atom. The number of rotatable bonds is 5. The number of carbonyl (C=O) groups excluding carboxylic acids is 2. The van der Waals surface area contributed by atoms with Crippen molar-refractivity contribution < 1.29 is 9.59 Å². The second kappa shape index (κ2) is 7.11. The highest BCUT2D eigenvalue weighted by Crippen LogP contribution is 2.19.